The van der Waals surface area contributed by atoms with Gasteiger partial charge in [-0.05, 0) is 42.7 Å². The lowest BCUT2D eigenvalue weighted by Gasteiger charge is -2.08. The van der Waals surface area contributed by atoms with E-state index in [0.717, 1.165) is 19.3 Å². The van der Waals surface area contributed by atoms with Gasteiger partial charge in [-0.25, -0.2) is 0 Å². The summed E-state index contributed by atoms with van der Waals surface area (Å²) in [5, 5.41) is 2.40. The van der Waals surface area contributed by atoms with Crippen molar-refractivity contribution in [2.75, 3.05) is 0 Å². The Morgan fingerprint density at radius 1 is 1.06 bits per heavy atom. The molecule has 0 saturated carbocycles. The van der Waals surface area contributed by atoms with Crippen LogP contribution in [0.2, 0.25) is 0 Å². The van der Waals surface area contributed by atoms with Crippen LogP contribution >= 0.6 is 22.9 Å². The molecule has 0 radical (unpaired) electrons. The summed E-state index contributed by atoms with van der Waals surface area (Å²) in [4.78, 5) is 1.47. The molecule has 90 valence electrons. The predicted octanol–water partition coefficient (Wildman–Crippen LogP) is 4.92. The number of hydrogen-bond donors (Lipinski definition) is 0. The van der Waals surface area contributed by atoms with Gasteiger partial charge < -0.3 is 0 Å². The largest absolute Gasteiger partial charge is 0.149 e. The molecule has 2 heteroatoms. The van der Waals surface area contributed by atoms with Crippen LogP contribution in [0.3, 0.4) is 0 Å². The Morgan fingerprint density at radius 3 is 2.59 bits per heavy atom. The first-order valence-electron chi connectivity index (χ1n) is 6.05. The number of aryl methyl sites for hydroxylation is 1. The lowest BCUT2D eigenvalue weighted by molar-refractivity contribution is 0.690. The quantitative estimate of drug-likeness (QED) is 0.650. The van der Waals surface area contributed by atoms with E-state index in [1.807, 2.05) is 17.4 Å². The van der Waals surface area contributed by atoms with Crippen LogP contribution in [0.5, 0.6) is 0 Å². The molecular weight excluding hydrogens is 248 g/mol. The van der Waals surface area contributed by atoms with E-state index in [-0.39, 0.29) is 5.38 Å². The maximum atomic E-state index is 6.36. The molecule has 2 rings (SSSR count). The number of benzene rings is 1. The highest BCUT2D eigenvalue weighted by atomic mass is 35.5. The van der Waals surface area contributed by atoms with Gasteiger partial charge in [-0.3, -0.25) is 0 Å². The molecule has 0 N–H and O–H groups in total. The highest BCUT2D eigenvalue weighted by molar-refractivity contribution is 7.09. The second-order valence-corrected chi connectivity index (χ2v) is 5.91. The Morgan fingerprint density at radius 2 is 1.88 bits per heavy atom. The number of thiophene rings is 1. The number of alkyl halides is 1. The molecule has 1 atom stereocenters. The number of halogens is 1. The van der Waals surface area contributed by atoms with Crippen molar-refractivity contribution in [3.63, 3.8) is 0 Å². The minimum atomic E-state index is 0.261. The van der Waals surface area contributed by atoms with Crippen LogP contribution in [0, 0.1) is 0 Å². The minimum Gasteiger partial charge on any atom is -0.149 e. The first kappa shape index (κ1) is 12.7. The van der Waals surface area contributed by atoms with Crippen LogP contribution in [0.4, 0.5) is 0 Å². The molecule has 0 fully saturated rings. The molecular formula is C15H17ClS. The van der Waals surface area contributed by atoms with Gasteiger partial charge in [-0.1, -0.05) is 36.4 Å². The molecule has 0 spiro atoms. The Bertz CT molecular complexity index is 408. The summed E-state index contributed by atoms with van der Waals surface area (Å²) in [7, 11) is 0. The Labute approximate surface area is 112 Å². The third-order valence-corrected chi connectivity index (χ3v) is 4.13. The lowest BCUT2D eigenvalue weighted by atomic mass is 10.1. The average Bonchev–Trinajstić information content (AvgIpc) is 2.83. The van der Waals surface area contributed by atoms with Crippen molar-refractivity contribution in [3.05, 3.63) is 58.3 Å². The molecule has 1 unspecified atom stereocenters. The van der Waals surface area contributed by atoms with Crippen molar-refractivity contribution in [2.45, 2.75) is 31.1 Å². The van der Waals surface area contributed by atoms with E-state index >= 15 is 0 Å². The van der Waals surface area contributed by atoms with Crippen LogP contribution < -0.4 is 0 Å². The summed E-state index contributed by atoms with van der Waals surface area (Å²) in [5.74, 6) is 0. The number of hydrogen-bond acceptors (Lipinski definition) is 1. The fourth-order valence-corrected chi connectivity index (χ4v) is 3.01. The first-order chi connectivity index (χ1) is 8.34. The monoisotopic (exact) mass is 264 g/mol. The van der Waals surface area contributed by atoms with Crippen molar-refractivity contribution in [1.82, 2.24) is 0 Å². The second-order valence-electron chi connectivity index (χ2n) is 4.26. The SMILES string of the molecule is ClC(CCCc1cccs1)Cc1ccccc1. The first-order valence-corrected chi connectivity index (χ1v) is 7.36. The molecule has 1 aromatic carbocycles. The highest BCUT2D eigenvalue weighted by Crippen LogP contribution is 2.17. The molecule has 0 bridgehead atoms. The molecule has 17 heavy (non-hydrogen) atoms. The van der Waals surface area contributed by atoms with E-state index in [2.05, 4.69) is 41.8 Å². The van der Waals surface area contributed by atoms with E-state index in [1.54, 1.807) is 0 Å². The maximum absolute atomic E-state index is 6.36. The third-order valence-electron chi connectivity index (χ3n) is 2.82. The van der Waals surface area contributed by atoms with Crippen LogP contribution in [0.25, 0.3) is 0 Å². The van der Waals surface area contributed by atoms with Gasteiger partial charge in [-0.2, -0.15) is 0 Å². The van der Waals surface area contributed by atoms with E-state index in [9.17, 15) is 0 Å². The summed E-state index contributed by atoms with van der Waals surface area (Å²) in [6.07, 6.45) is 4.42. The van der Waals surface area contributed by atoms with Crippen LogP contribution in [-0.2, 0) is 12.8 Å². The van der Waals surface area contributed by atoms with Gasteiger partial charge in [0.15, 0.2) is 0 Å². The van der Waals surface area contributed by atoms with Gasteiger partial charge in [0.25, 0.3) is 0 Å². The fourth-order valence-electron chi connectivity index (χ4n) is 1.92. The lowest BCUT2D eigenvalue weighted by Crippen LogP contribution is -2.03. The van der Waals surface area contributed by atoms with Gasteiger partial charge in [0.2, 0.25) is 0 Å². The summed E-state index contributed by atoms with van der Waals surface area (Å²) >= 11 is 8.19. The normalized spacial score (nSPS) is 12.5. The minimum absolute atomic E-state index is 0.261. The van der Waals surface area contributed by atoms with Crippen molar-refractivity contribution >= 4 is 22.9 Å². The van der Waals surface area contributed by atoms with E-state index < -0.39 is 0 Å². The highest BCUT2D eigenvalue weighted by Gasteiger charge is 2.05. The summed E-state index contributed by atoms with van der Waals surface area (Å²) in [5.41, 5.74) is 1.34. The Kier molecular flexibility index (Phi) is 5.08. The molecule has 0 saturated heterocycles. The fraction of sp³-hybridized carbons (Fsp3) is 0.333. The van der Waals surface area contributed by atoms with Gasteiger partial charge in [0, 0.05) is 10.3 Å². The van der Waals surface area contributed by atoms with Gasteiger partial charge in [0.05, 0.1) is 0 Å². The molecule has 0 aliphatic carbocycles. The molecule has 0 nitrogen and oxygen atoms in total. The van der Waals surface area contributed by atoms with Gasteiger partial charge in [0.1, 0.15) is 0 Å². The van der Waals surface area contributed by atoms with Crippen LogP contribution in [0.1, 0.15) is 23.3 Å². The van der Waals surface area contributed by atoms with Crippen LogP contribution in [-0.4, -0.2) is 5.38 Å². The maximum Gasteiger partial charge on any atom is 0.0376 e. The molecule has 0 aliphatic rings. The predicted molar refractivity (Wildman–Crippen MR) is 77.0 cm³/mol. The van der Waals surface area contributed by atoms with Crippen molar-refractivity contribution in [2.24, 2.45) is 0 Å². The van der Waals surface area contributed by atoms with Crippen molar-refractivity contribution in [1.29, 1.82) is 0 Å². The molecule has 2 aromatic rings. The summed E-state index contributed by atoms with van der Waals surface area (Å²) in [6, 6.07) is 14.8. The van der Waals surface area contributed by atoms with E-state index in [4.69, 9.17) is 11.6 Å². The molecule has 0 aliphatic heterocycles. The van der Waals surface area contributed by atoms with Crippen molar-refractivity contribution in [3.8, 4) is 0 Å². The van der Waals surface area contributed by atoms with E-state index in [1.165, 1.54) is 16.9 Å². The van der Waals surface area contributed by atoms with Gasteiger partial charge >= 0.3 is 0 Å². The average molecular weight is 265 g/mol. The standard InChI is InChI=1S/C15H17ClS/c16-14(12-13-6-2-1-3-7-13)8-4-9-15-10-5-11-17-15/h1-3,5-7,10-11,14H,4,8-9,12H2. The van der Waals surface area contributed by atoms with E-state index in [0.29, 0.717) is 0 Å². The molecule has 1 heterocycles. The zero-order valence-electron chi connectivity index (χ0n) is 9.81. The zero-order valence-corrected chi connectivity index (χ0v) is 11.4. The Hall–Kier alpha value is -0.790. The van der Waals surface area contributed by atoms with Gasteiger partial charge in [-0.15, -0.1) is 22.9 Å². The van der Waals surface area contributed by atoms with Crippen molar-refractivity contribution < 1.29 is 0 Å². The zero-order chi connectivity index (χ0) is 11.9. The second kappa shape index (κ2) is 6.83. The third kappa shape index (κ3) is 4.53. The number of rotatable bonds is 6. The summed E-state index contributed by atoms with van der Waals surface area (Å²) < 4.78 is 0. The summed E-state index contributed by atoms with van der Waals surface area (Å²) in [6.45, 7) is 0. The molecule has 0 amide bonds. The van der Waals surface area contributed by atoms with Crippen LogP contribution in [0.15, 0.2) is 47.8 Å². The topological polar surface area (TPSA) is 0 Å². The molecule has 1 aromatic heterocycles. The Balaban J connectivity index is 1.69. The smallest absolute Gasteiger partial charge is 0.0376 e.